The van der Waals surface area contributed by atoms with Crippen LogP contribution in [0.3, 0.4) is 0 Å². The SMILES string of the molecule is O=C(O)c1cc2nc3c(c(=O)n2[nH]1)CCC3. The van der Waals surface area contributed by atoms with Gasteiger partial charge in [-0.2, -0.15) is 0 Å². The zero-order valence-electron chi connectivity index (χ0n) is 8.36. The Kier molecular flexibility index (Phi) is 1.68. The minimum Gasteiger partial charge on any atom is -0.477 e. The van der Waals surface area contributed by atoms with Crippen molar-refractivity contribution in [3.8, 4) is 0 Å². The zero-order chi connectivity index (χ0) is 11.3. The second kappa shape index (κ2) is 2.94. The molecule has 16 heavy (non-hydrogen) atoms. The summed E-state index contributed by atoms with van der Waals surface area (Å²) in [7, 11) is 0. The van der Waals surface area contributed by atoms with Gasteiger partial charge in [0.15, 0.2) is 5.65 Å². The molecule has 2 aromatic heterocycles. The van der Waals surface area contributed by atoms with Crippen LogP contribution in [0.15, 0.2) is 10.9 Å². The fourth-order valence-electron chi connectivity index (χ4n) is 2.11. The first-order valence-corrected chi connectivity index (χ1v) is 5.03. The number of nitrogens with zero attached hydrogens (tertiary/aromatic N) is 2. The number of carbonyl (C=O) groups is 1. The molecule has 1 aliphatic rings. The molecule has 0 aromatic carbocycles. The lowest BCUT2D eigenvalue weighted by Crippen LogP contribution is -2.20. The van der Waals surface area contributed by atoms with Crippen LogP contribution in [0.2, 0.25) is 0 Å². The molecule has 3 rings (SSSR count). The Morgan fingerprint density at radius 2 is 2.31 bits per heavy atom. The molecular weight excluding hydrogens is 210 g/mol. The molecule has 2 aromatic rings. The normalized spacial score (nSPS) is 14.2. The Morgan fingerprint density at radius 1 is 1.50 bits per heavy atom. The van der Waals surface area contributed by atoms with Gasteiger partial charge in [-0.05, 0) is 19.3 Å². The number of rotatable bonds is 1. The Hall–Kier alpha value is -2.11. The predicted molar refractivity (Wildman–Crippen MR) is 54.8 cm³/mol. The lowest BCUT2D eigenvalue weighted by atomic mass is 10.2. The largest absolute Gasteiger partial charge is 0.477 e. The van der Waals surface area contributed by atoms with Gasteiger partial charge in [0, 0.05) is 11.6 Å². The number of fused-ring (bicyclic) bond motifs is 2. The number of aromatic amines is 1. The van der Waals surface area contributed by atoms with Gasteiger partial charge in [0.05, 0.1) is 5.69 Å². The van der Waals surface area contributed by atoms with Crippen LogP contribution in [0, 0.1) is 0 Å². The lowest BCUT2D eigenvalue weighted by molar-refractivity contribution is 0.0690. The Balaban J connectivity index is 2.37. The molecule has 6 heteroatoms. The molecule has 0 spiro atoms. The standard InChI is InChI=1S/C10H9N3O3/c14-9-5-2-1-3-6(5)11-8-4-7(10(15)16)12-13(8)9/h4,12H,1-3H2,(H,15,16). The molecule has 0 amide bonds. The van der Waals surface area contributed by atoms with E-state index in [9.17, 15) is 9.59 Å². The van der Waals surface area contributed by atoms with Gasteiger partial charge in [0.2, 0.25) is 0 Å². The molecule has 0 radical (unpaired) electrons. The fraction of sp³-hybridized carbons (Fsp3) is 0.300. The highest BCUT2D eigenvalue weighted by Gasteiger charge is 2.19. The van der Waals surface area contributed by atoms with Crippen LogP contribution in [0.4, 0.5) is 0 Å². The molecule has 0 atom stereocenters. The molecule has 0 bridgehead atoms. The van der Waals surface area contributed by atoms with Gasteiger partial charge < -0.3 is 5.11 Å². The van der Waals surface area contributed by atoms with E-state index in [1.54, 1.807) is 0 Å². The van der Waals surface area contributed by atoms with Crippen LogP contribution in [-0.4, -0.2) is 25.7 Å². The summed E-state index contributed by atoms with van der Waals surface area (Å²) in [5.74, 6) is -1.09. The first kappa shape index (κ1) is 9.14. The summed E-state index contributed by atoms with van der Waals surface area (Å²) in [6.07, 6.45) is 2.47. The second-order valence-corrected chi connectivity index (χ2v) is 3.86. The Labute approximate surface area is 89.5 Å². The number of carboxylic acids is 1. The predicted octanol–water partition coefficient (Wildman–Crippen LogP) is 0.209. The molecule has 0 saturated carbocycles. The van der Waals surface area contributed by atoms with Gasteiger partial charge in [0.1, 0.15) is 5.69 Å². The quantitative estimate of drug-likeness (QED) is 0.717. The van der Waals surface area contributed by atoms with Crippen LogP contribution in [-0.2, 0) is 12.8 Å². The van der Waals surface area contributed by atoms with Crippen molar-refractivity contribution in [3.05, 3.63) is 33.4 Å². The molecule has 0 saturated heterocycles. The van der Waals surface area contributed by atoms with Crippen LogP contribution in [0.5, 0.6) is 0 Å². The smallest absolute Gasteiger partial charge is 0.353 e. The summed E-state index contributed by atoms with van der Waals surface area (Å²) in [6, 6.07) is 1.38. The van der Waals surface area contributed by atoms with Gasteiger partial charge in [-0.25, -0.2) is 14.3 Å². The molecule has 1 aliphatic carbocycles. The number of hydrogen-bond donors (Lipinski definition) is 2. The molecule has 0 aliphatic heterocycles. The monoisotopic (exact) mass is 219 g/mol. The van der Waals surface area contributed by atoms with Gasteiger partial charge in [-0.15, -0.1) is 0 Å². The van der Waals surface area contributed by atoms with Gasteiger partial charge in [-0.1, -0.05) is 0 Å². The molecule has 0 unspecified atom stereocenters. The van der Waals surface area contributed by atoms with Crippen LogP contribution in [0.25, 0.3) is 5.65 Å². The maximum absolute atomic E-state index is 12.0. The second-order valence-electron chi connectivity index (χ2n) is 3.86. The highest BCUT2D eigenvalue weighted by atomic mass is 16.4. The number of hydrogen-bond acceptors (Lipinski definition) is 3. The number of aromatic nitrogens is 3. The van der Waals surface area contributed by atoms with Gasteiger partial charge >= 0.3 is 5.97 Å². The molecule has 2 N–H and O–H groups in total. The third kappa shape index (κ3) is 1.09. The number of H-pyrrole nitrogens is 1. The topological polar surface area (TPSA) is 87.5 Å². The van der Waals surface area contributed by atoms with Crippen molar-refractivity contribution in [3.63, 3.8) is 0 Å². The maximum Gasteiger partial charge on any atom is 0.353 e. The van der Waals surface area contributed by atoms with E-state index in [1.807, 2.05) is 0 Å². The van der Waals surface area contributed by atoms with E-state index < -0.39 is 5.97 Å². The summed E-state index contributed by atoms with van der Waals surface area (Å²) < 4.78 is 1.20. The lowest BCUT2D eigenvalue weighted by Gasteiger charge is -1.98. The van der Waals surface area contributed by atoms with Crippen LogP contribution in [0.1, 0.15) is 28.2 Å². The molecule has 82 valence electrons. The summed E-state index contributed by atoms with van der Waals surface area (Å²) in [5.41, 5.74) is 1.69. The minimum absolute atomic E-state index is 0.0201. The van der Waals surface area contributed by atoms with Gasteiger partial charge in [0.25, 0.3) is 5.56 Å². The van der Waals surface area contributed by atoms with E-state index in [0.717, 1.165) is 25.0 Å². The summed E-state index contributed by atoms with van der Waals surface area (Å²) >= 11 is 0. The van der Waals surface area contributed by atoms with Crippen molar-refractivity contribution in [2.24, 2.45) is 0 Å². The van der Waals surface area contributed by atoms with Crippen molar-refractivity contribution >= 4 is 11.6 Å². The van der Waals surface area contributed by atoms with E-state index in [1.165, 1.54) is 10.6 Å². The number of carboxylic acid groups (broad SMARTS) is 1. The zero-order valence-corrected chi connectivity index (χ0v) is 8.36. The summed E-state index contributed by atoms with van der Waals surface area (Å²) in [4.78, 5) is 27.0. The van der Waals surface area contributed by atoms with Crippen molar-refractivity contribution in [2.45, 2.75) is 19.3 Å². The average molecular weight is 219 g/mol. The van der Waals surface area contributed by atoms with E-state index >= 15 is 0 Å². The fourth-order valence-corrected chi connectivity index (χ4v) is 2.11. The van der Waals surface area contributed by atoms with Crippen molar-refractivity contribution in [2.75, 3.05) is 0 Å². The Bertz CT molecular complexity index is 653. The number of aromatic carboxylic acids is 1. The molecule has 6 nitrogen and oxygen atoms in total. The van der Waals surface area contributed by atoms with E-state index in [4.69, 9.17) is 5.11 Å². The highest BCUT2D eigenvalue weighted by molar-refractivity contribution is 5.86. The molecule has 2 heterocycles. The third-order valence-electron chi connectivity index (χ3n) is 2.86. The number of aryl methyl sites for hydroxylation is 1. The third-order valence-corrected chi connectivity index (χ3v) is 2.86. The molecular formula is C10H9N3O3. The van der Waals surface area contributed by atoms with Crippen molar-refractivity contribution in [1.29, 1.82) is 0 Å². The van der Waals surface area contributed by atoms with Gasteiger partial charge in [-0.3, -0.25) is 9.89 Å². The highest BCUT2D eigenvalue weighted by Crippen LogP contribution is 2.17. The average Bonchev–Trinajstić information content (AvgIpc) is 2.83. The molecule has 0 fully saturated rings. The summed E-state index contributed by atoms with van der Waals surface area (Å²) in [6.45, 7) is 0. The van der Waals surface area contributed by atoms with Crippen molar-refractivity contribution < 1.29 is 9.90 Å². The first-order valence-electron chi connectivity index (χ1n) is 5.03. The number of nitrogens with one attached hydrogen (secondary N) is 1. The van der Waals surface area contributed by atoms with E-state index in [-0.39, 0.29) is 11.3 Å². The van der Waals surface area contributed by atoms with E-state index in [2.05, 4.69) is 10.1 Å². The van der Waals surface area contributed by atoms with E-state index in [0.29, 0.717) is 11.2 Å². The van der Waals surface area contributed by atoms with Crippen LogP contribution >= 0.6 is 0 Å². The maximum atomic E-state index is 12.0. The minimum atomic E-state index is -1.09. The first-order chi connectivity index (χ1) is 7.66. The summed E-state index contributed by atoms with van der Waals surface area (Å²) in [5, 5.41) is 11.3. The Morgan fingerprint density at radius 3 is 3.06 bits per heavy atom. The van der Waals surface area contributed by atoms with Crippen molar-refractivity contribution in [1.82, 2.24) is 14.6 Å². The van der Waals surface area contributed by atoms with Crippen LogP contribution < -0.4 is 5.56 Å².